The van der Waals surface area contributed by atoms with Crippen molar-refractivity contribution in [3.05, 3.63) is 28.8 Å². The minimum atomic E-state index is -1.05. The van der Waals surface area contributed by atoms with Gasteiger partial charge in [0.25, 0.3) is 0 Å². The molecule has 4 nitrogen and oxygen atoms in total. The lowest BCUT2D eigenvalue weighted by molar-refractivity contribution is -0.145. The molecule has 0 bridgehead atoms. The molecule has 1 N–H and O–H groups in total. The van der Waals surface area contributed by atoms with Gasteiger partial charge in [-0.15, -0.1) is 0 Å². The van der Waals surface area contributed by atoms with Crippen molar-refractivity contribution in [3.8, 4) is 5.75 Å². The minimum Gasteiger partial charge on any atom is -0.479 e. The van der Waals surface area contributed by atoms with Gasteiger partial charge in [-0.1, -0.05) is 31.0 Å². The predicted molar refractivity (Wildman–Crippen MR) is 63.8 cm³/mol. The van der Waals surface area contributed by atoms with Crippen molar-refractivity contribution in [1.29, 1.82) is 0 Å². The molecule has 17 heavy (non-hydrogen) atoms. The Balaban J connectivity index is 2.96. The topological polar surface area (TPSA) is 63.6 Å². The van der Waals surface area contributed by atoms with Gasteiger partial charge < -0.3 is 9.84 Å². The maximum Gasteiger partial charge on any atom is 0.344 e. The highest BCUT2D eigenvalue weighted by atomic mass is 35.5. The van der Waals surface area contributed by atoms with Gasteiger partial charge >= 0.3 is 5.97 Å². The van der Waals surface area contributed by atoms with Crippen molar-refractivity contribution >= 4 is 23.9 Å². The molecule has 1 aromatic rings. The van der Waals surface area contributed by atoms with Crippen LogP contribution in [-0.2, 0) is 4.79 Å². The van der Waals surface area contributed by atoms with Crippen molar-refractivity contribution in [2.75, 3.05) is 0 Å². The second-order valence-corrected chi connectivity index (χ2v) is 3.91. The first-order chi connectivity index (χ1) is 8.10. The van der Waals surface area contributed by atoms with Crippen LogP contribution >= 0.6 is 11.6 Å². The standard InChI is InChI=1S/C12H13ClO4/c1-2-4-11(12(15)16)17-10-6-3-5-9(13)8(10)7-14/h3,5-7,11H,2,4H2,1H3,(H,15,16). The third-order valence-electron chi connectivity index (χ3n) is 2.23. The van der Waals surface area contributed by atoms with Crippen LogP contribution in [0.1, 0.15) is 30.1 Å². The Morgan fingerprint density at radius 3 is 2.82 bits per heavy atom. The molecule has 0 aliphatic rings. The first-order valence-corrected chi connectivity index (χ1v) is 5.61. The van der Waals surface area contributed by atoms with E-state index in [2.05, 4.69) is 0 Å². The zero-order valence-electron chi connectivity index (χ0n) is 9.35. The average Bonchev–Trinajstić information content (AvgIpc) is 2.28. The molecule has 1 aromatic carbocycles. The number of carbonyl (C=O) groups excluding carboxylic acids is 1. The van der Waals surface area contributed by atoms with E-state index in [0.29, 0.717) is 19.1 Å². The van der Waals surface area contributed by atoms with Crippen LogP contribution in [-0.4, -0.2) is 23.5 Å². The van der Waals surface area contributed by atoms with E-state index in [4.69, 9.17) is 21.4 Å². The quantitative estimate of drug-likeness (QED) is 0.795. The van der Waals surface area contributed by atoms with Gasteiger partial charge in [-0.05, 0) is 18.6 Å². The Morgan fingerprint density at radius 1 is 1.59 bits per heavy atom. The van der Waals surface area contributed by atoms with Gasteiger partial charge in [0.1, 0.15) is 5.75 Å². The molecule has 0 aromatic heterocycles. The van der Waals surface area contributed by atoms with Crippen LogP contribution in [0.3, 0.4) is 0 Å². The number of benzene rings is 1. The summed E-state index contributed by atoms with van der Waals surface area (Å²) in [5.74, 6) is -0.850. The van der Waals surface area contributed by atoms with E-state index in [0.717, 1.165) is 0 Å². The third-order valence-corrected chi connectivity index (χ3v) is 2.56. The van der Waals surface area contributed by atoms with Crippen LogP contribution in [0.25, 0.3) is 0 Å². The fraction of sp³-hybridized carbons (Fsp3) is 0.333. The number of carboxylic acid groups (broad SMARTS) is 1. The summed E-state index contributed by atoms with van der Waals surface area (Å²) >= 11 is 5.81. The number of ether oxygens (including phenoxy) is 1. The third kappa shape index (κ3) is 3.46. The van der Waals surface area contributed by atoms with Gasteiger partial charge in [-0.3, -0.25) is 4.79 Å². The molecule has 0 fully saturated rings. The molecule has 0 radical (unpaired) electrons. The second-order valence-electron chi connectivity index (χ2n) is 3.50. The Labute approximate surface area is 104 Å². The van der Waals surface area contributed by atoms with Gasteiger partial charge in [0, 0.05) is 0 Å². The molecule has 1 rings (SSSR count). The molecule has 0 aliphatic heterocycles. The van der Waals surface area contributed by atoms with E-state index < -0.39 is 12.1 Å². The van der Waals surface area contributed by atoms with E-state index >= 15 is 0 Å². The molecule has 1 atom stereocenters. The summed E-state index contributed by atoms with van der Waals surface area (Å²) in [6.07, 6.45) is 0.647. The van der Waals surface area contributed by atoms with E-state index in [1.807, 2.05) is 6.92 Å². The maximum absolute atomic E-state index is 10.9. The smallest absolute Gasteiger partial charge is 0.344 e. The maximum atomic E-state index is 10.9. The van der Waals surface area contributed by atoms with E-state index in [-0.39, 0.29) is 16.3 Å². The lowest BCUT2D eigenvalue weighted by Gasteiger charge is -2.15. The van der Waals surface area contributed by atoms with Crippen molar-refractivity contribution in [2.45, 2.75) is 25.9 Å². The summed E-state index contributed by atoms with van der Waals surface area (Å²) in [7, 11) is 0. The van der Waals surface area contributed by atoms with Gasteiger partial charge in [0.2, 0.25) is 0 Å². The van der Waals surface area contributed by atoms with Gasteiger partial charge in [0.05, 0.1) is 10.6 Å². The summed E-state index contributed by atoms with van der Waals surface area (Å²) in [4.78, 5) is 21.8. The number of aliphatic carboxylic acids is 1. The van der Waals surface area contributed by atoms with Crippen LogP contribution < -0.4 is 4.74 Å². The highest BCUT2D eigenvalue weighted by Crippen LogP contribution is 2.26. The van der Waals surface area contributed by atoms with Crippen molar-refractivity contribution < 1.29 is 19.4 Å². The number of carbonyl (C=O) groups is 2. The average molecular weight is 257 g/mol. The summed E-state index contributed by atoms with van der Waals surface area (Å²) in [5, 5.41) is 9.20. The molecule has 0 spiro atoms. The lowest BCUT2D eigenvalue weighted by atomic mass is 10.2. The summed E-state index contributed by atoms with van der Waals surface area (Å²) in [6, 6.07) is 4.68. The monoisotopic (exact) mass is 256 g/mol. The minimum absolute atomic E-state index is 0.177. The molecule has 0 saturated heterocycles. The van der Waals surface area contributed by atoms with Gasteiger partial charge in [-0.25, -0.2) is 4.79 Å². The molecule has 0 saturated carbocycles. The van der Waals surface area contributed by atoms with E-state index in [1.165, 1.54) is 6.07 Å². The van der Waals surface area contributed by atoms with Gasteiger partial charge in [0.15, 0.2) is 12.4 Å². The van der Waals surface area contributed by atoms with Crippen LogP contribution in [0.4, 0.5) is 0 Å². The Kier molecular flexibility index (Phi) is 4.97. The summed E-state index contributed by atoms with van der Waals surface area (Å²) < 4.78 is 5.30. The second kappa shape index (κ2) is 6.25. The van der Waals surface area contributed by atoms with Crippen molar-refractivity contribution in [2.24, 2.45) is 0 Å². The Bertz CT molecular complexity index is 417. The highest BCUT2D eigenvalue weighted by Gasteiger charge is 2.20. The lowest BCUT2D eigenvalue weighted by Crippen LogP contribution is -2.27. The van der Waals surface area contributed by atoms with Crippen LogP contribution in [0.5, 0.6) is 5.75 Å². The molecule has 0 amide bonds. The number of aldehydes is 1. The SMILES string of the molecule is CCCC(Oc1cccc(Cl)c1C=O)C(=O)O. The van der Waals surface area contributed by atoms with E-state index in [1.54, 1.807) is 12.1 Å². The molecule has 1 unspecified atom stereocenters. The fourth-order valence-corrected chi connectivity index (χ4v) is 1.59. The van der Waals surface area contributed by atoms with Crippen LogP contribution in [0.15, 0.2) is 18.2 Å². The Hall–Kier alpha value is -1.55. The molecule has 0 heterocycles. The summed E-state index contributed by atoms with van der Waals surface area (Å²) in [6.45, 7) is 1.86. The predicted octanol–water partition coefficient (Wildman–Crippen LogP) is 2.78. The largest absolute Gasteiger partial charge is 0.479 e. The number of carboxylic acids is 1. The Morgan fingerprint density at radius 2 is 2.29 bits per heavy atom. The zero-order valence-corrected chi connectivity index (χ0v) is 10.1. The highest BCUT2D eigenvalue weighted by molar-refractivity contribution is 6.33. The first kappa shape index (κ1) is 13.5. The summed E-state index contributed by atoms with van der Waals surface area (Å²) in [5.41, 5.74) is 0.177. The molecule has 92 valence electrons. The molecule has 0 aliphatic carbocycles. The first-order valence-electron chi connectivity index (χ1n) is 5.23. The van der Waals surface area contributed by atoms with Crippen LogP contribution in [0.2, 0.25) is 5.02 Å². The molecular weight excluding hydrogens is 244 g/mol. The number of hydrogen-bond acceptors (Lipinski definition) is 3. The number of hydrogen-bond donors (Lipinski definition) is 1. The number of rotatable bonds is 6. The molecule has 5 heteroatoms. The molecular formula is C12H13ClO4. The zero-order chi connectivity index (χ0) is 12.8. The van der Waals surface area contributed by atoms with Crippen molar-refractivity contribution in [1.82, 2.24) is 0 Å². The number of halogens is 1. The van der Waals surface area contributed by atoms with Crippen LogP contribution in [0, 0.1) is 0 Å². The van der Waals surface area contributed by atoms with E-state index in [9.17, 15) is 9.59 Å². The fourth-order valence-electron chi connectivity index (χ4n) is 1.38. The van der Waals surface area contributed by atoms with Crippen molar-refractivity contribution in [3.63, 3.8) is 0 Å². The van der Waals surface area contributed by atoms with Gasteiger partial charge in [-0.2, -0.15) is 0 Å². The normalized spacial score (nSPS) is 11.9.